The molecule has 0 fully saturated rings. The molecule has 0 radical (unpaired) electrons. The van der Waals surface area contributed by atoms with Gasteiger partial charge in [0.1, 0.15) is 11.5 Å². The number of para-hydroxylation sites is 2. The monoisotopic (exact) mass is 348 g/mol. The van der Waals surface area contributed by atoms with Crippen LogP contribution in [0.4, 0.5) is 14.5 Å². The number of alkyl halides is 2. The molecule has 25 heavy (non-hydrogen) atoms. The fourth-order valence-corrected chi connectivity index (χ4v) is 2.51. The molecule has 0 saturated carbocycles. The number of nitrogens with zero attached hydrogens (tertiary/aromatic N) is 1. The van der Waals surface area contributed by atoms with Crippen LogP contribution < -0.4 is 20.1 Å². The molecule has 0 spiro atoms. The van der Waals surface area contributed by atoms with Crippen LogP contribution >= 0.6 is 0 Å². The van der Waals surface area contributed by atoms with Crippen LogP contribution in [-0.2, 0) is 4.79 Å². The van der Waals surface area contributed by atoms with Gasteiger partial charge in [0.2, 0.25) is 0 Å². The smallest absolute Gasteiger partial charge is 0.387 e. The van der Waals surface area contributed by atoms with Crippen molar-refractivity contribution >= 4 is 17.5 Å². The van der Waals surface area contributed by atoms with Crippen LogP contribution in [0, 0.1) is 0 Å². The lowest BCUT2D eigenvalue weighted by molar-refractivity contribution is -0.124. The highest BCUT2D eigenvalue weighted by atomic mass is 19.3. The minimum Gasteiger partial charge on any atom is -0.477 e. The van der Waals surface area contributed by atoms with Gasteiger partial charge < -0.3 is 20.1 Å². The maximum atomic E-state index is 12.8. The number of amides is 2. The van der Waals surface area contributed by atoms with Crippen molar-refractivity contribution in [3.63, 3.8) is 0 Å². The van der Waals surface area contributed by atoms with Crippen molar-refractivity contribution < 1.29 is 27.8 Å². The highest BCUT2D eigenvalue weighted by Gasteiger charge is 2.33. The number of hydrogen-bond donors (Lipinski definition) is 1. The Morgan fingerprint density at radius 1 is 1.16 bits per heavy atom. The fraction of sp³-hybridized carbons (Fsp3) is 0.176. The van der Waals surface area contributed by atoms with Gasteiger partial charge in [0, 0.05) is 5.56 Å². The summed E-state index contributed by atoms with van der Waals surface area (Å²) in [4.78, 5) is 25.7. The van der Waals surface area contributed by atoms with Crippen molar-refractivity contribution in [2.45, 2.75) is 12.7 Å². The molecule has 0 aromatic heterocycles. The number of primary amides is 1. The van der Waals surface area contributed by atoms with Crippen molar-refractivity contribution in [1.82, 2.24) is 0 Å². The van der Waals surface area contributed by atoms with E-state index in [1.54, 1.807) is 24.3 Å². The number of rotatable bonds is 4. The van der Waals surface area contributed by atoms with Crippen LogP contribution in [0.15, 0.2) is 48.5 Å². The lowest BCUT2D eigenvalue weighted by Gasteiger charge is -2.33. The van der Waals surface area contributed by atoms with Crippen LogP contribution in [0.1, 0.15) is 10.4 Å². The first-order valence-electron chi connectivity index (χ1n) is 7.37. The summed E-state index contributed by atoms with van der Waals surface area (Å²) >= 11 is 0. The zero-order valence-electron chi connectivity index (χ0n) is 12.9. The van der Waals surface area contributed by atoms with Gasteiger partial charge >= 0.3 is 6.61 Å². The molecule has 2 amide bonds. The Bertz CT molecular complexity index is 795. The standard InChI is InChI=1S/C17H14F2N2O4/c18-17(19)24-11-7-5-10(6-8-11)16(23)21-9-14(15(20)22)25-13-4-2-1-3-12(13)21/h1-8,14,17H,9H2,(H2,20,22)/t14-/m0/s1. The summed E-state index contributed by atoms with van der Waals surface area (Å²) in [7, 11) is 0. The number of carbonyl (C=O) groups is 2. The average molecular weight is 348 g/mol. The number of ether oxygens (including phenoxy) is 2. The largest absolute Gasteiger partial charge is 0.477 e. The third-order valence-electron chi connectivity index (χ3n) is 3.66. The number of nitrogens with two attached hydrogens (primary N) is 1. The lowest BCUT2D eigenvalue weighted by Crippen LogP contribution is -2.49. The summed E-state index contributed by atoms with van der Waals surface area (Å²) in [6, 6.07) is 12.0. The topological polar surface area (TPSA) is 81.9 Å². The van der Waals surface area contributed by atoms with E-state index in [0.717, 1.165) is 0 Å². The Balaban J connectivity index is 1.89. The number of halogens is 2. The van der Waals surface area contributed by atoms with E-state index < -0.39 is 24.5 Å². The Labute approximate surface area is 141 Å². The zero-order chi connectivity index (χ0) is 18.0. The van der Waals surface area contributed by atoms with Crippen molar-refractivity contribution in [2.24, 2.45) is 5.73 Å². The number of anilines is 1. The van der Waals surface area contributed by atoms with Gasteiger partial charge in [-0.1, -0.05) is 12.1 Å². The normalized spacial score (nSPS) is 16.1. The summed E-state index contributed by atoms with van der Waals surface area (Å²) in [6.07, 6.45) is -0.972. The van der Waals surface area contributed by atoms with E-state index in [1.165, 1.54) is 29.2 Å². The molecule has 1 atom stereocenters. The second-order valence-electron chi connectivity index (χ2n) is 5.30. The third kappa shape index (κ3) is 3.52. The first-order valence-corrected chi connectivity index (χ1v) is 7.37. The number of carbonyl (C=O) groups excluding carboxylic acids is 2. The van der Waals surface area contributed by atoms with Gasteiger partial charge in [-0.15, -0.1) is 0 Å². The quantitative estimate of drug-likeness (QED) is 0.918. The predicted octanol–water partition coefficient (Wildman–Crippen LogP) is 2.18. The van der Waals surface area contributed by atoms with Gasteiger partial charge in [0.05, 0.1) is 12.2 Å². The molecule has 1 aliphatic heterocycles. The molecule has 0 unspecified atom stereocenters. The van der Waals surface area contributed by atoms with Crippen LogP contribution in [-0.4, -0.2) is 31.1 Å². The summed E-state index contributed by atoms with van der Waals surface area (Å²) < 4.78 is 34.2. The Morgan fingerprint density at radius 3 is 2.48 bits per heavy atom. The van der Waals surface area contributed by atoms with E-state index in [9.17, 15) is 18.4 Å². The molecule has 0 bridgehead atoms. The van der Waals surface area contributed by atoms with Gasteiger partial charge in [0.15, 0.2) is 6.10 Å². The number of benzene rings is 2. The van der Waals surface area contributed by atoms with E-state index in [0.29, 0.717) is 11.4 Å². The van der Waals surface area contributed by atoms with E-state index in [2.05, 4.69) is 4.74 Å². The maximum Gasteiger partial charge on any atom is 0.387 e. The summed E-state index contributed by atoms with van der Waals surface area (Å²) in [5.41, 5.74) is 6.05. The van der Waals surface area contributed by atoms with E-state index in [-0.39, 0.29) is 17.9 Å². The first-order chi connectivity index (χ1) is 12.0. The van der Waals surface area contributed by atoms with Crippen LogP contribution in [0.3, 0.4) is 0 Å². The molecule has 6 nitrogen and oxygen atoms in total. The molecule has 1 heterocycles. The molecule has 2 aromatic carbocycles. The van der Waals surface area contributed by atoms with Crippen LogP contribution in [0.5, 0.6) is 11.5 Å². The number of fused-ring (bicyclic) bond motifs is 1. The minimum absolute atomic E-state index is 0.0412. The summed E-state index contributed by atoms with van der Waals surface area (Å²) in [6.45, 7) is -2.98. The summed E-state index contributed by atoms with van der Waals surface area (Å²) in [5, 5.41) is 0. The first kappa shape index (κ1) is 16.7. The highest BCUT2D eigenvalue weighted by molar-refractivity contribution is 6.07. The molecule has 1 aliphatic rings. The lowest BCUT2D eigenvalue weighted by atomic mass is 10.1. The molecule has 130 valence electrons. The van der Waals surface area contributed by atoms with Crippen molar-refractivity contribution in [3.8, 4) is 11.5 Å². The predicted molar refractivity (Wildman–Crippen MR) is 84.8 cm³/mol. The van der Waals surface area contributed by atoms with Crippen molar-refractivity contribution in [1.29, 1.82) is 0 Å². The molecular weight excluding hydrogens is 334 g/mol. The second kappa shape index (κ2) is 6.76. The van der Waals surface area contributed by atoms with Gasteiger partial charge in [-0.05, 0) is 36.4 Å². The Morgan fingerprint density at radius 2 is 1.84 bits per heavy atom. The van der Waals surface area contributed by atoms with E-state index in [1.807, 2.05) is 0 Å². The van der Waals surface area contributed by atoms with Gasteiger partial charge in [-0.25, -0.2) is 0 Å². The van der Waals surface area contributed by atoms with Crippen molar-refractivity contribution in [2.75, 3.05) is 11.4 Å². The third-order valence-corrected chi connectivity index (χ3v) is 3.66. The Kier molecular flexibility index (Phi) is 4.51. The van der Waals surface area contributed by atoms with Crippen LogP contribution in [0.2, 0.25) is 0 Å². The number of hydrogen-bond acceptors (Lipinski definition) is 4. The van der Waals surface area contributed by atoms with Crippen molar-refractivity contribution in [3.05, 3.63) is 54.1 Å². The molecule has 8 heteroatoms. The van der Waals surface area contributed by atoms with Gasteiger partial charge in [-0.2, -0.15) is 8.78 Å². The molecule has 2 aromatic rings. The van der Waals surface area contributed by atoms with Gasteiger partial charge in [-0.3, -0.25) is 9.59 Å². The molecule has 2 N–H and O–H groups in total. The maximum absolute atomic E-state index is 12.8. The molecule has 0 aliphatic carbocycles. The highest BCUT2D eigenvalue weighted by Crippen LogP contribution is 2.34. The van der Waals surface area contributed by atoms with Crippen LogP contribution in [0.25, 0.3) is 0 Å². The average Bonchev–Trinajstić information content (AvgIpc) is 2.60. The van der Waals surface area contributed by atoms with E-state index >= 15 is 0 Å². The van der Waals surface area contributed by atoms with Gasteiger partial charge in [0.25, 0.3) is 11.8 Å². The zero-order valence-corrected chi connectivity index (χ0v) is 12.9. The molecular formula is C17H14F2N2O4. The second-order valence-corrected chi connectivity index (χ2v) is 5.30. The molecule has 0 saturated heterocycles. The summed E-state index contributed by atoms with van der Waals surface area (Å²) in [5.74, 6) is -0.786. The Hall–Kier alpha value is -3.16. The van der Waals surface area contributed by atoms with E-state index in [4.69, 9.17) is 10.5 Å². The minimum atomic E-state index is -2.94. The molecule has 3 rings (SSSR count). The SMILES string of the molecule is NC(=O)[C@@H]1CN(C(=O)c2ccc(OC(F)F)cc2)c2ccccc2O1. The fourth-order valence-electron chi connectivity index (χ4n) is 2.51.